The lowest BCUT2D eigenvalue weighted by Crippen LogP contribution is -1.87. The topological polar surface area (TPSA) is 25.8 Å². The fourth-order valence-electron chi connectivity index (χ4n) is 2.15. The summed E-state index contributed by atoms with van der Waals surface area (Å²) in [6.07, 6.45) is 15.8. The normalized spacial score (nSPS) is 11.4. The van der Waals surface area contributed by atoms with Crippen molar-refractivity contribution in [2.75, 3.05) is 0 Å². The molecular weight excluding hydrogens is 522 g/mol. The van der Waals surface area contributed by atoms with Crippen LogP contribution in [0.25, 0.3) is 24.3 Å². The monoisotopic (exact) mass is 536 g/mol. The summed E-state index contributed by atoms with van der Waals surface area (Å²) >= 11 is 4.78. The van der Waals surface area contributed by atoms with Crippen LogP contribution in [0.4, 0.5) is 0 Å². The molecule has 3 aromatic rings. The number of benzene rings is 1. The number of rotatable bonds is 4. The number of hydrogen-bond donors (Lipinski definition) is 0. The Morgan fingerprint density at radius 2 is 0.958 bits per heavy atom. The molecule has 24 heavy (non-hydrogen) atoms. The van der Waals surface area contributed by atoms with Crippen molar-refractivity contribution >= 4 is 69.5 Å². The van der Waals surface area contributed by atoms with Gasteiger partial charge in [0.2, 0.25) is 0 Å². The van der Waals surface area contributed by atoms with Crippen molar-refractivity contribution in [3.8, 4) is 0 Å². The van der Waals surface area contributed by atoms with Crippen molar-refractivity contribution in [1.29, 1.82) is 0 Å². The second kappa shape index (κ2) is 8.53. The average Bonchev–Trinajstić information content (AvgIpc) is 2.62. The quantitative estimate of drug-likeness (QED) is 0.381. The summed E-state index contributed by atoms with van der Waals surface area (Å²) in [6.45, 7) is 0. The van der Waals surface area contributed by atoms with Gasteiger partial charge < -0.3 is 0 Å². The van der Waals surface area contributed by atoms with Gasteiger partial charge in [-0.15, -0.1) is 0 Å². The summed E-state index contributed by atoms with van der Waals surface area (Å²) in [4.78, 5) is 8.08. The summed E-state index contributed by atoms with van der Waals surface area (Å²) in [5.41, 5.74) is 4.74. The van der Waals surface area contributed by atoms with Gasteiger partial charge in [-0.1, -0.05) is 24.3 Å². The molecular formula is C20H14I2N2. The van der Waals surface area contributed by atoms with Crippen molar-refractivity contribution in [3.63, 3.8) is 0 Å². The first kappa shape index (κ1) is 17.3. The van der Waals surface area contributed by atoms with E-state index in [1.807, 2.05) is 24.3 Å². The van der Waals surface area contributed by atoms with Crippen LogP contribution in [0.3, 0.4) is 0 Å². The number of halogens is 2. The van der Waals surface area contributed by atoms with Crippen molar-refractivity contribution in [3.05, 3.63) is 90.6 Å². The molecule has 0 aliphatic heterocycles. The second-order valence-corrected chi connectivity index (χ2v) is 7.45. The Morgan fingerprint density at radius 3 is 1.33 bits per heavy atom. The third-order valence-corrected chi connectivity index (χ3v) is 5.31. The van der Waals surface area contributed by atoms with Crippen molar-refractivity contribution in [2.45, 2.75) is 0 Å². The van der Waals surface area contributed by atoms with Gasteiger partial charge >= 0.3 is 0 Å². The Hall–Kier alpha value is -1.54. The molecule has 2 aromatic heterocycles. The number of aromatic nitrogens is 2. The smallest absolute Gasteiger partial charge is 0.0273 e. The Kier molecular flexibility index (Phi) is 6.14. The maximum atomic E-state index is 4.04. The minimum Gasteiger partial charge on any atom is -0.265 e. The van der Waals surface area contributed by atoms with E-state index in [1.165, 1.54) is 18.3 Å². The molecule has 0 saturated heterocycles. The van der Waals surface area contributed by atoms with E-state index in [9.17, 15) is 0 Å². The van der Waals surface area contributed by atoms with Gasteiger partial charge in [0.15, 0.2) is 0 Å². The molecule has 0 aliphatic rings. The first-order chi connectivity index (χ1) is 11.7. The highest BCUT2D eigenvalue weighted by molar-refractivity contribution is 14.1. The van der Waals surface area contributed by atoms with Gasteiger partial charge in [-0.2, -0.15) is 0 Å². The van der Waals surface area contributed by atoms with Crippen LogP contribution < -0.4 is 0 Å². The minimum absolute atomic E-state index is 1.15. The maximum Gasteiger partial charge on any atom is 0.0273 e. The molecule has 0 bridgehead atoms. The lowest BCUT2D eigenvalue weighted by atomic mass is 10.1. The van der Waals surface area contributed by atoms with Crippen molar-refractivity contribution in [2.24, 2.45) is 0 Å². The highest BCUT2D eigenvalue weighted by Gasteiger charge is 2.03. The number of nitrogens with zero attached hydrogens (tertiary/aromatic N) is 2. The van der Waals surface area contributed by atoms with E-state index in [0.717, 1.165) is 11.1 Å². The van der Waals surface area contributed by atoms with Crippen LogP contribution in [0, 0.1) is 7.14 Å². The molecule has 2 nitrogen and oxygen atoms in total. The Labute approximate surface area is 169 Å². The van der Waals surface area contributed by atoms with Gasteiger partial charge in [0.25, 0.3) is 0 Å². The van der Waals surface area contributed by atoms with Crippen LogP contribution in [0.2, 0.25) is 0 Å². The zero-order chi connectivity index (χ0) is 16.8. The first-order valence-corrected chi connectivity index (χ1v) is 9.53. The van der Waals surface area contributed by atoms with Crippen LogP contribution in [0.15, 0.2) is 61.2 Å². The van der Waals surface area contributed by atoms with Crippen LogP contribution in [-0.2, 0) is 0 Å². The van der Waals surface area contributed by atoms with Crippen LogP contribution in [0.5, 0.6) is 0 Å². The van der Waals surface area contributed by atoms with Crippen LogP contribution in [0.1, 0.15) is 22.3 Å². The molecule has 0 atom stereocenters. The van der Waals surface area contributed by atoms with E-state index in [0.29, 0.717) is 0 Å². The van der Waals surface area contributed by atoms with E-state index in [1.54, 1.807) is 24.8 Å². The van der Waals surface area contributed by atoms with Gasteiger partial charge in [-0.3, -0.25) is 9.97 Å². The molecule has 0 N–H and O–H groups in total. The number of pyridine rings is 2. The van der Waals surface area contributed by atoms with Gasteiger partial charge in [0.1, 0.15) is 0 Å². The van der Waals surface area contributed by atoms with E-state index in [-0.39, 0.29) is 0 Å². The second-order valence-electron chi connectivity index (χ2n) is 5.12. The predicted octanol–water partition coefficient (Wildman–Crippen LogP) is 6.03. The largest absolute Gasteiger partial charge is 0.265 e. The molecule has 0 unspecified atom stereocenters. The van der Waals surface area contributed by atoms with Crippen molar-refractivity contribution < 1.29 is 0 Å². The molecule has 0 spiro atoms. The molecule has 118 valence electrons. The summed E-state index contributed by atoms with van der Waals surface area (Å²) in [5, 5.41) is 0. The first-order valence-electron chi connectivity index (χ1n) is 7.37. The zero-order valence-electron chi connectivity index (χ0n) is 12.7. The summed E-state index contributed by atoms with van der Waals surface area (Å²) < 4.78 is 2.46. The fourth-order valence-corrected chi connectivity index (χ4v) is 3.50. The SMILES string of the molecule is Ic1cc(/C=C/c2ccncc2)c(I)cc1/C=C/c1ccncc1. The molecule has 2 heterocycles. The van der Waals surface area contributed by atoms with E-state index in [2.05, 4.69) is 91.6 Å². The van der Waals surface area contributed by atoms with E-state index < -0.39 is 0 Å². The molecule has 3 rings (SSSR count). The van der Waals surface area contributed by atoms with E-state index in [4.69, 9.17) is 0 Å². The lowest BCUT2D eigenvalue weighted by Gasteiger charge is -2.05. The third-order valence-electron chi connectivity index (χ3n) is 3.44. The molecule has 0 aliphatic carbocycles. The summed E-state index contributed by atoms with van der Waals surface area (Å²) in [7, 11) is 0. The van der Waals surface area contributed by atoms with Crippen LogP contribution >= 0.6 is 45.2 Å². The van der Waals surface area contributed by atoms with Gasteiger partial charge in [0, 0.05) is 31.9 Å². The molecule has 4 heteroatoms. The molecule has 0 saturated carbocycles. The fraction of sp³-hybridized carbons (Fsp3) is 0. The van der Waals surface area contributed by atoms with Gasteiger partial charge in [-0.25, -0.2) is 0 Å². The summed E-state index contributed by atoms with van der Waals surface area (Å²) in [5.74, 6) is 0. The highest BCUT2D eigenvalue weighted by atomic mass is 127. The van der Waals surface area contributed by atoms with Gasteiger partial charge in [0.05, 0.1) is 0 Å². The standard InChI is InChI=1S/C20H14I2N2/c21-19-14-18(4-2-16-7-11-24-12-8-16)20(22)13-17(19)3-1-15-5-9-23-10-6-15/h1-14H/b3-1+,4-2+. The van der Waals surface area contributed by atoms with Crippen molar-refractivity contribution in [1.82, 2.24) is 9.97 Å². The molecule has 0 radical (unpaired) electrons. The zero-order valence-corrected chi connectivity index (χ0v) is 17.0. The Bertz CT molecular complexity index is 798. The van der Waals surface area contributed by atoms with Crippen LogP contribution in [-0.4, -0.2) is 9.97 Å². The average molecular weight is 536 g/mol. The minimum atomic E-state index is 1.15. The highest BCUT2D eigenvalue weighted by Crippen LogP contribution is 2.24. The lowest BCUT2D eigenvalue weighted by molar-refractivity contribution is 1.32. The number of hydrogen-bond acceptors (Lipinski definition) is 2. The molecule has 0 amide bonds. The maximum absolute atomic E-state index is 4.04. The third kappa shape index (κ3) is 4.73. The molecule has 1 aromatic carbocycles. The van der Waals surface area contributed by atoms with Gasteiger partial charge in [-0.05, 0) is 104 Å². The Morgan fingerprint density at radius 1 is 0.583 bits per heavy atom. The Balaban J connectivity index is 1.83. The summed E-state index contributed by atoms with van der Waals surface area (Å²) in [6, 6.07) is 12.4. The predicted molar refractivity (Wildman–Crippen MR) is 118 cm³/mol. The molecule has 0 fully saturated rings. The van der Waals surface area contributed by atoms with E-state index >= 15 is 0 Å².